The summed E-state index contributed by atoms with van der Waals surface area (Å²) in [5, 5.41) is 47.6. The molecule has 3 aromatic heterocycles. The summed E-state index contributed by atoms with van der Waals surface area (Å²) in [6.07, 6.45) is 1.10. The average Bonchev–Trinajstić information content (AvgIpc) is 3.57. The van der Waals surface area contributed by atoms with Crippen LogP contribution in [0.4, 0.5) is 5.82 Å². The first-order valence-electron chi connectivity index (χ1n) is 10.5. The molecule has 2 unspecified atom stereocenters. The number of aromatic nitrogens is 6. The number of hydrogen-bond donors (Lipinski definition) is 6. The van der Waals surface area contributed by atoms with Gasteiger partial charge in [0.25, 0.3) is 11.9 Å². The third kappa shape index (κ3) is 3.71. The number of carbonyl (C=O) groups excluding carboxylic acids is 1. The fourth-order valence-electron chi connectivity index (χ4n) is 4.25. The Labute approximate surface area is 186 Å². The fraction of sp³-hybridized carbons (Fsp3) is 0.526. The highest BCUT2D eigenvalue weighted by molar-refractivity contribution is 5.92. The lowest BCUT2D eigenvalue weighted by Crippen LogP contribution is -2.33. The van der Waals surface area contributed by atoms with Crippen molar-refractivity contribution >= 4 is 22.9 Å². The summed E-state index contributed by atoms with van der Waals surface area (Å²) in [5.74, 6) is -0.257. The highest BCUT2D eigenvalue weighted by Crippen LogP contribution is 2.33. The number of aliphatic hydroxyl groups is 4. The molecule has 1 aliphatic heterocycles. The van der Waals surface area contributed by atoms with Crippen LogP contribution < -0.4 is 11.1 Å². The van der Waals surface area contributed by atoms with E-state index >= 15 is 0 Å². The summed E-state index contributed by atoms with van der Waals surface area (Å²) < 4.78 is 8.33. The maximum atomic E-state index is 11.5. The number of imidazole rings is 1. The van der Waals surface area contributed by atoms with Gasteiger partial charge in [-0.3, -0.25) is 9.36 Å². The first kappa shape index (κ1) is 21.7. The van der Waals surface area contributed by atoms with Gasteiger partial charge in [0.15, 0.2) is 23.2 Å². The fourth-order valence-corrected chi connectivity index (χ4v) is 4.25. The lowest BCUT2D eigenvalue weighted by atomic mass is 10.1. The number of fused-ring (bicyclic) bond motifs is 1. The Morgan fingerprint density at radius 2 is 2.06 bits per heavy atom. The van der Waals surface area contributed by atoms with Crippen molar-refractivity contribution in [2.75, 3.05) is 11.9 Å². The molecule has 5 rings (SSSR count). The van der Waals surface area contributed by atoms with Crippen molar-refractivity contribution in [1.29, 1.82) is 0 Å². The number of nitrogens with two attached hydrogens (primary N) is 1. The van der Waals surface area contributed by atoms with E-state index in [0.717, 1.165) is 12.8 Å². The summed E-state index contributed by atoms with van der Waals surface area (Å²) in [4.78, 5) is 24.8. The first-order chi connectivity index (χ1) is 15.9. The van der Waals surface area contributed by atoms with Crippen molar-refractivity contribution in [3.63, 3.8) is 0 Å². The molecule has 1 saturated carbocycles. The zero-order chi connectivity index (χ0) is 23.3. The van der Waals surface area contributed by atoms with Gasteiger partial charge in [-0.25, -0.2) is 9.67 Å². The van der Waals surface area contributed by atoms with Gasteiger partial charge in [-0.15, -0.1) is 0 Å². The van der Waals surface area contributed by atoms with Crippen molar-refractivity contribution in [3.8, 4) is 5.95 Å². The van der Waals surface area contributed by atoms with E-state index in [1.54, 1.807) is 0 Å². The van der Waals surface area contributed by atoms with Gasteiger partial charge in [-0.1, -0.05) is 0 Å². The SMILES string of the molecule is NC(=O)c1cnn(-c2nc(N[C@@H]3CCC[C@H]3O)c3ncn([C@@H]4O[C@H](CO)C(O)C4O)c3n2)c1. The van der Waals surface area contributed by atoms with Crippen LogP contribution in [0.3, 0.4) is 0 Å². The number of ether oxygens (including phenoxy) is 1. The quantitative estimate of drug-likeness (QED) is 0.238. The number of primary amides is 1. The number of nitrogens with one attached hydrogen (secondary N) is 1. The largest absolute Gasteiger partial charge is 0.394 e. The minimum atomic E-state index is -1.34. The predicted octanol–water partition coefficient (Wildman–Crippen LogP) is -1.95. The molecule has 7 N–H and O–H groups in total. The van der Waals surface area contributed by atoms with E-state index in [2.05, 4.69) is 25.4 Å². The molecule has 1 aliphatic carbocycles. The second-order valence-corrected chi connectivity index (χ2v) is 8.21. The van der Waals surface area contributed by atoms with Crippen LogP contribution in [0.2, 0.25) is 0 Å². The molecule has 1 amide bonds. The summed E-state index contributed by atoms with van der Waals surface area (Å²) in [6.45, 7) is -0.475. The van der Waals surface area contributed by atoms with E-state index in [4.69, 9.17) is 10.5 Å². The number of rotatable bonds is 6. The van der Waals surface area contributed by atoms with Gasteiger partial charge in [0.1, 0.15) is 18.3 Å². The van der Waals surface area contributed by atoms with Crippen molar-refractivity contribution < 1.29 is 30.0 Å². The zero-order valence-corrected chi connectivity index (χ0v) is 17.4. The minimum Gasteiger partial charge on any atom is -0.394 e. The molecular weight excluding hydrogens is 436 g/mol. The number of aliphatic hydroxyl groups excluding tert-OH is 4. The van der Waals surface area contributed by atoms with Crippen molar-refractivity contribution in [3.05, 3.63) is 24.3 Å². The summed E-state index contributed by atoms with van der Waals surface area (Å²) >= 11 is 0. The Morgan fingerprint density at radius 3 is 2.70 bits per heavy atom. The highest BCUT2D eigenvalue weighted by atomic mass is 16.6. The predicted molar refractivity (Wildman–Crippen MR) is 111 cm³/mol. The minimum absolute atomic E-state index is 0.0819. The lowest BCUT2D eigenvalue weighted by Gasteiger charge is -2.19. The molecule has 1 saturated heterocycles. The molecule has 14 heteroatoms. The van der Waals surface area contributed by atoms with Gasteiger partial charge >= 0.3 is 0 Å². The Morgan fingerprint density at radius 1 is 1.24 bits per heavy atom. The van der Waals surface area contributed by atoms with Crippen molar-refractivity contribution in [2.24, 2.45) is 5.73 Å². The number of nitrogens with zero attached hydrogens (tertiary/aromatic N) is 6. The average molecular weight is 460 g/mol. The number of carbonyl (C=O) groups is 1. The molecule has 176 valence electrons. The summed E-state index contributed by atoms with van der Waals surface area (Å²) in [6, 6.07) is -0.242. The van der Waals surface area contributed by atoms with Crippen LogP contribution in [0.15, 0.2) is 18.7 Å². The van der Waals surface area contributed by atoms with E-state index in [-0.39, 0.29) is 23.2 Å². The smallest absolute Gasteiger partial charge is 0.254 e. The Kier molecular flexibility index (Phi) is 5.46. The van der Waals surface area contributed by atoms with Crippen LogP contribution in [0.25, 0.3) is 17.1 Å². The molecule has 4 heterocycles. The first-order valence-corrected chi connectivity index (χ1v) is 10.5. The molecule has 2 aliphatic rings. The van der Waals surface area contributed by atoms with Crippen molar-refractivity contribution in [1.82, 2.24) is 29.3 Å². The standard InChI is InChI=1S/C19H24N8O6/c20-15(32)8-4-22-27(5-8)19-24-16(23-9-2-1-3-10(9)29)12-17(25-19)26(7-21-12)18-14(31)13(30)11(6-28)33-18/h4-5,7,9-11,13-14,18,28-31H,1-3,6H2,(H2,20,32)(H,23,24,25)/t9-,10-,11-,13?,14?,18-/m1/s1. The van der Waals surface area contributed by atoms with E-state index < -0.39 is 43.2 Å². The van der Waals surface area contributed by atoms with Gasteiger partial charge in [-0.2, -0.15) is 15.1 Å². The van der Waals surface area contributed by atoms with Gasteiger partial charge < -0.3 is 36.2 Å². The second-order valence-electron chi connectivity index (χ2n) is 8.21. The normalized spacial score (nSPS) is 29.7. The van der Waals surface area contributed by atoms with Crippen LogP contribution in [-0.2, 0) is 4.74 Å². The lowest BCUT2D eigenvalue weighted by molar-refractivity contribution is -0.0511. The van der Waals surface area contributed by atoms with Crippen LogP contribution in [0.1, 0.15) is 35.8 Å². The molecule has 0 radical (unpaired) electrons. The molecule has 33 heavy (non-hydrogen) atoms. The maximum Gasteiger partial charge on any atom is 0.254 e. The van der Waals surface area contributed by atoms with E-state index in [0.29, 0.717) is 17.8 Å². The van der Waals surface area contributed by atoms with Gasteiger partial charge in [0.2, 0.25) is 0 Å². The van der Waals surface area contributed by atoms with E-state index in [1.165, 1.54) is 28.0 Å². The topological polar surface area (TPSA) is 207 Å². The Bertz CT molecular complexity index is 1180. The molecule has 6 atom stereocenters. The highest BCUT2D eigenvalue weighted by Gasteiger charge is 2.44. The van der Waals surface area contributed by atoms with Gasteiger partial charge in [-0.05, 0) is 19.3 Å². The number of anilines is 1. The Balaban J connectivity index is 1.61. The summed E-state index contributed by atoms with van der Waals surface area (Å²) in [5.41, 5.74) is 6.08. The van der Waals surface area contributed by atoms with E-state index in [1.807, 2.05) is 0 Å². The second kappa shape index (κ2) is 8.31. The van der Waals surface area contributed by atoms with Crippen molar-refractivity contribution in [2.45, 2.75) is 55.9 Å². The molecule has 3 aromatic rings. The molecule has 0 aromatic carbocycles. The molecule has 0 spiro atoms. The van der Waals surface area contributed by atoms with Gasteiger partial charge in [0, 0.05) is 6.20 Å². The zero-order valence-electron chi connectivity index (χ0n) is 17.4. The van der Waals surface area contributed by atoms with Crippen LogP contribution >= 0.6 is 0 Å². The third-order valence-electron chi connectivity index (χ3n) is 6.07. The Hall–Kier alpha value is -3.17. The number of amides is 1. The molecular formula is C19H24N8O6. The van der Waals surface area contributed by atoms with E-state index in [9.17, 15) is 25.2 Å². The van der Waals surface area contributed by atoms with Gasteiger partial charge in [0.05, 0.1) is 36.8 Å². The molecule has 2 fully saturated rings. The number of hydrogen-bond acceptors (Lipinski definition) is 11. The maximum absolute atomic E-state index is 11.5. The third-order valence-corrected chi connectivity index (χ3v) is 6.07. The molecule has 0 bridgehead atoms. The monoisotopic (exact) mass is 460 g/mol. The van der Waals surface area contributed by atoms with Crippen LogP contribution in [0.5, 0.6) is 0 Å². The summed E-state index contributed by atoms with van der Waals surface area (Å²) in [7, 11) is 0. The van der Waals surface area contributed by atoms with Crippen LogP contribution in [0, 0.1) is 0 Å². The molecule has 14 nitrogen and oxygen atoms in total. The van der Waals surface area contributed by atoms with Crippen LogP contribution in [-0.4, -0.2) is 92.7 Å².